The van der Waals surface area contributed by atoms with Crippen molar-refractivity contribution in [1.82, 2.24) is 5.32 Å². The molecule has 0 aromatic heterocycles. The van der Waals surface area contributed by atoms with Crippen molar-refractivity contribution < 1.29 is 0 Å². The van der Waals surface area contributed by atoms with Gasteiger partial charge in [-0.3, -0.25) is 0 Å². The molecule has 2 aromatic carbocycles. The molecular formula is C18H21N. The fraction of sp³-hybridized carbons (Fsp3) is 0.333. The molecule has 1 fully saturated rings. The highest BCUT2D eigenvalue weighted by Gasteiger charge is 2.26. The van der Waals surface area contributed by atoms with Gasteiger partial charge in [0.05, 0.1) is 0 Å². The van der Waals surface area contributed by atoms with Crippen LogP contribution in [0.2, 0.25) is 0 Å². The van der Waals surface area contributed by atoms with E-state index in [-0.39, 0.29) is 0 Å². The first-order chi connectivity index (χ1) is 9.36. The maximum atomic E-state index is 3.66. The monoisotopic (exact) mass is 251 g/mol. The lowest BCUT2D eigenvalue weighted by molar-refractivity contribution is 0.641. The standard InChI is InChI=1S/C18H21N/c1-2-14-7-6-10-16(11-14)17-12-18(19-13-17)15-8-4-3-5-9-15/h3-11,17-19H,2,12-13H2,1H3. The molecular weight excluding hydrogens is 230 g/mol. The summed E-state index contributed by atoms with van der Waals surface area (Å²) in [7, 11) is 0. The first kappa shape index (κ1) is 12.4. The number of aryl methyl sites for hydroxylation is 1. The lowest BCUT2D eigenvalue weighted by atomic mass is 9.92. The van der Waals surface area contributed by atoms with Gasteiger partial charge in [0.2, 0.25) is 0 Å². The molecule has 1 aliphatic heterocycles. The summed E-state index contributed by atoms with van der Waals surface area (Å²) in [6, 6.07) is 20.4. The van der Waals surface area contributed by atoms with Crippen LogP contribution in [0, 0.1) is 0 Å². The third-order valence-electron chi connectivity index (χ3n) is 4.16. The zero-order chi connectivity index (χ0) is 13.1. The Hall–Kier alpha value is -1.60. The van der Waals surface area contributed by atoms with Gasteiger partial charge in [-0.25, -0.2) is 0 Å². The molecule has 2 aromatic rings. The fourth-order valence-electron chi connectivity index (χ4n) is 3.00. The van der Waals surface area contributed by atoms with Crippen molar-refractivity contribution in [3.63, 3.8) is 0 Å². The summed E-state index contributed by atoms with van der Waals surface area (Å²) in [5.41, 5.74) is 4.35. The van der Waals surface area contributed by atoms with Crippen molar-refractivity contribution in [3.8, 4) is 0 Å². The molecule has 3 rings (SSSR count). The topological polar surface area (TPSA) is 12.0 Å². The summed E-state index contributed by atoms with van der Waals surface area (Å²) in [5, 5.41) is 3.66. The molecule has 0 radical (unpaired) electrons. The van der Waals surface area contributed by atoms with E-state index < -0.39 is 0 Å². The van der Waals surface area contributed by atoms with E-state index >= 15 is 0 Å². The van der Waals surface area contributed by atoms with Crippen LogP contribution in [-0.4, -0.2) is 6.54 Å². The predicted molar refractivity (Wildman–Crippen MR) is 80.4 cm³/mol. The van der Waals surface area contributed by atoms with Gasteiger partial charge in [-0.2, -0.15) is 0 Å². The quantitative estimate of drug-likeness (QED) is 0.867. The molecule has 1 aliphatic rings. The zero-order valence-corrected chi connectivity index (χ0v) is 11.5. The SMILES string of the molecule is CCc1cccc(C2CNC(c3ccccc3)C2)c1. The molecule has 1 saturated heterocycles. The Morgan fingerprint density at radius 1 is 1.00 bits per heavy atom. The van der Waals surface area contributed by atoms with E-state index in [2.05, 4.69) is 66.8 Å². The van der Waals surface area contributed by atoms with Gasteiger partial charge in [-0.05, 0) is 35.4 Å². The van der Waals surface area contributed by atoms with Crippen LogP contribution in [0.15, 0.2) is 54.6 Å². The van der Waals surface area contributed by atoms with Gasteiger partial charge < -0.3 is 5.32 Å². The first-order valence-electron chi connectivity index (χ1n) is 7.24. The molecule has 0 saturated carbocycles. The van der Waals surface area contributed by atoms with Crippen LogP contribution in [0.25, 0.3) is 0 Å². The van der Waals surface area contributed by atoms with Crippen LogP contribution >= 0.6 is 0 Å². The van der Waals surface area contributed by atoms with Gasteiger partial charge in [0.25, 0.3) is 0 Å². The normalized spacial score (nSPS) is 22.6. The summed E-state index contributed by atoms with van der Waals surface area (Å²) in [6.45, 7) is 3.31. The molecule has 19 heavy (non-hydrogen) atoms. The minimum Gasteiger partial charge on any atom is -0.309 e. The van der Waals surface area contributed by atoms with Gasteiger partial charge in [0.1, 0.15) is 0 Å². The molecule has 2 atom stereocenters. The Balaban J connectivity index is 1.75. The van der Waals surface area contributed by atoms with Crippen molar-refractivity contribution in [3.05, 3.63) is 71.3 Å². The van der Waals surface area contributed by atoms with Crippen molar-refractivity contribution in [2.75, 3.05) is 6.54 Å². The second-order valence-electron chi connectivity index (χ2n) is 5.40. The molecule has 0 spiro atoms. The Labute approximate surface area is 115 Å². The molecule has 2 unspecified atom stereocenters. The van der Waals surface area contributed by atoms with Gasteiger partial charge in [0.15, 0.2) is 0 Å². The van der Waals surface area contributed by atoms with E-state index in [9.17, 15) is 0 Å². The second-order valence-corrected chi connectivity index (χ2v) is 5.40. The van der Waals surface area contributed by atoms with Crippen LogP contribution in [0.4, 0.5) is 0 Å². The smallest absolute Gasteiger partial charge is 0.0326 e. The van der Waals surface area contributed by atoms with Crippen molar-refractivity contribution in [1.29, 1.82) is 0 Å². The van der Waals surface area contributed by atoms with Crippen LogP contribution in [-0.2, 0) is 6.42 Å². The lowest BCUT2D eigenvalue weighted by Gasteiger charge is -2.12. The highest BCUT2D eigenvalue weighted by Crippen LogP contribution is 2.33. The average Bonchev–Trinajstić information content (AvgIpc) is 2.98. The summed E-state index contributed by atoms with van der Waals surface area (Å²) in [6.07, 6.45) is 2.33. The molecule has 1 heteroatoms. The van der Waals surface area contributed by atoms with E-state index in [1.165, 1.54) is 23.1 Å². The predicted octanol–water partition coefficient (Wildman–Crippen LogP) is 4.07. The minimum absolute atomic E-state index is 0.511. The van der Waals surface area contributed by atoms with Crippen LogP contribution in [0.3, 0.4) is 0 Å². The summed E-state index contributed by atoms with van der Waals surface area (Å²) in [4.78, 5) is 0. The number of rotatable bonds is 3. The van der Waals surface area contributed by atoms with E-state index in [4.69, 9.17) is 0 Å². The Kier molecular flexibility index (Phi) is 3.65. The highest BCUT2D eigenvalue weighted by molar-refractivity contribution is 5.29. The van der Waals surface area contributed by atoms with Gasteiger partial charge in [-0.1, -0.05) is 61.5 Å². The molecule has 1 heterocycles. The van der Waals surface area contributed by atoms with Crippen LogP contribution in [0.5, 0.6) is 0 Å². The van der Waals surface area contributed by atoms with Gasteiger partial charge in [-0.15, -0.1) is 0 Å². The largest absolute Gasteiger partial charge is 0.309 e. The number of benzene rings is 2. The Morgan fingerprint density at radius 3 is 2.58 bits per heavy atom. The molecule has 1 N–H and O–H groups in total. The van der Waals surface area contributed by atoms with E-state index in [1.54, 1.807) is 0 Å². The average molecular weight is 251 g/mol. The molecule has 0 bridgehead atoms. The molecule has 0 aliphatic carbocycles. The number of hydrogen-bond donors (Lipinski definition) is 1. The zero-order valence-electron chi connectivity index (χ0n) is 11.5. The minimum atomic E-state index is 0.511. The molecule has 1 nitrogen and oxygen atoms in total. The Morgan fingerprint density at radius 2 is 1.79 bits per heavy atom. The van der Waals surface area contributed by atoms with Crippen molar-refractivity contribution in [2.45, 2.75) is 31.7 Å². The van der Waals surface area contributed by atoms with Crippen molar-refractivity contribution >= 4 is 0 Å². The lowest BCUT2D eigenvalue weighted by Crippen LogP contribution is -2.13. The van der Waals surface area contributed by atoms with Crippen LogP contribution in [0.1, 0.15) is 42.0 Å². The van der Waals surface area contributed by atoms with Crippen LogP contribution < -0.4 is 5.32 Å². The van der Waals surface area contributed by atoms with E-state index in [0.29, 0.717) is 12.0 Å². The summed E-state index contributed by atoms with van der Waals surface area (Å²) < 4.78 is 0. The third-order valence-corrected chi connectivity index (χ3v) is 4.16. The number of hydrogen-bond acceptors (Lipinski definition) is 1. The first-order valence-corrected chi connectivity index (χ1v) is 7.24. The maximum absolute atomic E-state index is 3.66. The van der Waals surface area contributed by atoms with E-state index in [1.807, 2.05) is 0 Å². The molecule has 98 valence electrons. The summed E-state index contributed by atoms with van der Waals surface area (Å²) >= 11 is 0. The van der Waals surface area contributed by atoms with Crippen molar-refractivity contribution in [2.24, 2.45) is 0 Å². The van der Waals surface area contributed by atoms with Gasteiger partial charge >= 0.3 is 0 Å². The van der Waals surface area contributed by atoms with Gasteiger partial charge in [0, 0.05) is 12.6 Å². The second kappa shape index (κ2) is 5.58. The third kappa shape index (κ3) is 2.71. The fourth-order valence-corrected chi connectivity index (χ4v) is 3.00. The molecule has 0 amide bonds. The van der Waals surface area contributed by atoms with E-state index in [0.717, 1.165) is 13.0 Å². The highest BCUT2D eigenvalue weighted by atomic mass is 14.9. The Bertz CT molecular complexity index is 532. The maximum Gasteiger partial charge on any atom is 0.0326 e. The summed E-state index contributed by atoms with van der Waals surface area (Å²) in [5.74, 6) is 0.650. The number of nitrogens with one attached hydrogen (secondary N) is 1.